The fraction of sp³-hybridized carbons (Fsp3) is 0.385. The van der Waals surface area contributed by atoms with Gasteiger partial charge in [-0.15, -0.1) is 0 Å². The van der Waals surface area contributed by atoms with Crippen LogP contribution < -0.4 is 9.64 Å². The third-order valence-electron chi connectivity index (χ3n) is 6.81. The minimum absolute atomic E-state index is 0.0397. The van der Waals surface area contributed by atoms with E-state index < -0.39 is 6.10 Å². The Balaban J connectivity index is 1.31. The summed E-state index contributed by atoms with van der Waals surface area (Å²) >= 11 is 0. The van der Waals surface area contributed by atoms with E-state index in [0.717, 1.165) is 42.1 Å². The number of hydrogen-bond acceptors (Lipinski definition) is 5. The van der Waals surface area contributed by atoms with Crippen molar-refractivity contribution in [3.8, 4) is 11.4 Å². The molecular formula is C26H28N4O3. The molecule has 0 spiro atoms. The Hall–Kier alpha value is -3.32. The van der Waals surface area contributed by atoms with E-state index in [1.807, 2.05) is 29.2 Å². The lowest BCUT2D eigenvalue weighted by atomic mass is 10.1. The number of ether oxygens (including phenoxy) is 2. The van der Waals surface area contributed by atoms with Gasteiger partial charge in [0.1, 0.15) is 5.75 Å². The number of hydrogen-bond donors (Lipinski definition) is 0. The molecule has 1 amide bonds. The molecule has 0 radical (unpaired) electrons. The van der Waals surface area contributed by atoms with Crippen molar-refractivity contribution in [1.82, 2.24) is 14.7 Å². The maximum atomic E-state index is 13.2. The SMILES string of the molecule is O=C(C1CN(Cc2nn(-c3ccccc3)c3c2CCC3)c2ccccc2O1)N1CCOCC1. The van der Waals surface area contributed by atoms with Crippen molar-refractivity contribution in [2.75, 3.05) is 37.7 Å². The van der Waals surface area contributed by atoms with Crippen molar-refractivity contribution >= 4 is 11.6 Å². The lowest BCUT2D eigenvalue weighted by Crippen LogP contribution is -2.52. The molecule has 33 heavy (non-hydrogen) atoms. The molecule has 1 saturated heterocycles. The number of anilines is 1. The van der Waals surface area contributed by atoms with Crippen LogP contribution in [0.25, 0.3) is 5.69 Å². The van der Waals surface area contributed by atoms with Crippen LogP contribution >= 0.6 is 0 Å². The molecule has 0 saturated carbocycles. The molecule has 1 aliphatic carbocycles. The standard InChI is InChI=1S/C26H28N4O3/c31-26(28-13-15-32-16-14-28)25-18-29(23-10-4-5-12-24(23)33-25)17-21-20-9-6-11-22(20)30(27-21)19-7-2-1-3-8-19/h1-5,7-8,10,12,25H,6,9,11,13-18H2. The Morgan fingerprint density at radius 1 is 1.00 bits per heavy atom. The van der Waals surface area contributed by atoms with Crippen LogP contribution in [0.5, 0.6) is 5.75 Å². The van der Waals surface area contributed by atoms with E-state index >= 15 is 0 Å². The molecule has 0 bridgehead atoms. The monoisotopic (exact) mass is 444 g/mol. The van der Waals surface area contributed by atoms with Gasteiger partial charge in [-0.25, -0.2) is 4.68 Å². The predicted octanol–water partition coefficient (Wildman–Crippen LogP) is 2.99. The topological polar surface area (TPSA) is 59.8 Å². The second-order valence-electron chi connectivity index (χ2n) is 8.87. The first-order valence-corrected chi connectivity index (χ1v) is 11.8. The number of nitrogens with zero attached hydrogens (tertiary/aromatic N) is 4. The molecule has 2 aromatic carbocycles. The second kappa shape index (κ2) is 8.56. The maximum absolute atomic E-state index is 13.2. The van der Waals surface area contributed by atoms with Crippen molar-refractivity contribution in [3.05, 3.63) is 71.5 Å². The quantitative estimate of drug-likeness (QED) is 0.619. The summed E-state index contributed by atoms with van der Waals surface area (Å²) in [6.45, 7) is 3.59. The smallest absolute Gasteiger partial charge is 0.265 e. The summed E-state index contributed by atoms with van der Waals surface area (Å²) < 4.78 is 13.7. The lowest BCUT2D eigenvalue weighted by Gasteiger charge is -2.38. The van der Waals surface area contributed by atoms with E-state index in [-0.39, 0.29) is 5.91 Å². The van der Waals surface area contributed by atoms with Gasteiger partial charge >= 0.3 is 0 Å². The van der Waals surface area contributed by atoms with Gasteiger partial charge in [-0.1, -0.05) is 30.3 Å². The molecule has 1 unspecified atom stereocenters. The van der Waals surface area contributed by atoms with Gasteiger partial charge in [0, 0.05) is 18.8 Å². The summed E-state index contributed by atoms with van der Waals surface area (Å²) in [7, 11) is 0. The first-order valence-electron chi connectivity index (χ1n) is 11.8. The van der Waals surface area contributed by atoms with Gasteiger partial charge < -0.3 is 19.3 Å². The van der Waals surface area contributed by atoms with E-state index in [0.29, 0.717) is 39.4 Å². The van der Waals surface area contributed by atoms with E-state index in [1.165, 1.54) is 11.3 Å². The summed E-state index contributed by atoms with van der Waals surface area (Å²) in [5, 5.41) is 5.05. The van der Waals surface area contributed by atoms with Crippen LogP contribution in [0.4, 0.5) is 5.69 Å². The van der Waals surface area contributed by atoms with Gasteiger partial charge in [0.2, 0.25) is 0 Å². The molecule has 2 aliphatic heterocycles. The highest BCUT2D eigenvalue weighted by molar-refractivity contribution is 5.83. The summed E-state index contributed by atoms with van der Waals surface area (Å²) in [5.41, 5.74) is 5.90. The van der Waals surface area contributed by atoms with E-state index in [2.05, 4.69) is 39.9 Å². The van der Waals surface area contributed by atoms with Crippen LogP contribution in [0.2, 0.25) is 0 Å². The van der Waals surface area contributed by atoms with Gasteiger partial charge in [-0.05, 0) is 49.1 Å². The number of benzene rings is 2. The van der Waals surface area contributed by atoms with E-state index in [4.69, 9.17) is 14.6 Å². The Kier molecular flexibility index (Phi) is 5.26. The van der Waals surface area contributed by atoms with Crippen LogP contribution in [0, 0.1) is 0 Å². The highest BCUT2D eigenvalue weighted by atomic mass is 16.5. The number of fused-ring (bicyclic) bond motifs is 2. The highest BCUT2D eigenvalue weighted by Crippen LogP contribution is 2.36. The molecule has 3 heterocycles. The fourth-order valence-electron chi connectivity index (χ4n) is 5.18. The summed E-state index contributed by atoms with van der Waals surface area (Å²) in [6.07, 6.45) is 2.74. The third kappa shape index (κ3) is 3.76. The highest BCUT2D eigenvalue weighted by Gasteiger charge is 2.35. The molecular weight excluding hydrogens is 416 g/mol. The zero-order valence-electron chi connectivity index (χ0n) is 18.7. The first-order chi connectivity index (χ1) is 16.3. The minimum atomic E-state index is -0.526. The zero-order chi connectivity index (χ0) is 22.2. The number of amides is 1. The number of carbonyl (C=O) groups is 1. The summed E-state index contributed by atoms with van der Waals surface area (Å²) in [4.78, 5) is 17.4. The van der Waals surface area contributed by atoms with E-state index in [1.54, 1.807) is 0 Å². The number of rotatable bonds is 4. The largest absolute Gasteiger partial charge is 0.477 e. The Labute approximate surface area is 193 Å². The van der Waals surface area contributed by atoms with Crippen LogP contribution in [0.1, 0.15) is 23.4 Å². The Bertz CT molecular complexity index is 1150. The van der Waals surface area contributed by atoms with Crippen molar-refractivity contribution in [2.24, 2.45) is 0 Å². The Morgan fingerprint density at radius 2 is 1.79 bits per heavy atom. The number of aromatic nitrogens is 2. The maximum Gasteiger partial charge on any atom is 0.265 e. The Morgan fingerprint density at radius 3 is 2.64 bits per heavy atom. The molecule has 6 rings (SSSR count). The van der Waals surface area contributed by atoms with Gasteiger partial charge in [0.05, 0.1) is 43.4 Å². The van der Waals surface area contributed by atoms with Crippen LogP contribution in [0.15, 0.2) is 54.6 Å². The second-order valence-corrected chi connectivity index (χ2v) is 8.87. The van der Waals surface area contributed by atoms with Crippen LogP contribution in [0.3, 0.4) is 0 Å². The average Bonchev–Trinajstić information content (AvgIpc) is 3.48. The fourth-order valence-corrected chi connectivity index (χ4v) is 5.18. The molecule has 3 aromatic rings. The predicted molar refractivity (Wildman–Crippen MR) is 125 cm³/mol. The van der Waals surface area contributed by atoms with Crippen molar-refractivity contribution < 1.29 is 14.3 Å². The number of para-hydroxylation sites is 3. The average molecular weight is 445 g/mol. The van der Waals surface area contributed by atoms with Crippen LogP contribution in [-0.2, 0) is 28.9 Å². The van der Waals surface area contributed by atoms with Gasteiger partial charge in [0.15, 0.2) is 6.10 Å². The van der Waals surface area contributed by atoms with Gasteiger partial charge in [0.25, 0.3) is 5.91 Å². The third-order valence-corrected chi connectivity index (χ3v) is 6.81. The summed E-state index contributed by atoms with van der Waals surface area (Å²) in [6, 6.07) is 18.4. The molecule has 3 aliphatic rings. The molecule has 1 fully saturated rings. The lowest BCUT2D eigenvalue weighted by molar-refractivity contribution is -0.142. The molecule has 0 N–H and O–H groups in total. The van der Waals surface area contributed by atoms with Crippen LogP contribution in [-0.4, -0.2) is 59.5 Å². The van der Waals surface area contributed by atoms with Crippen molar-refractivity contribution in [3.63, 3.8) is 0 Å². The minimum Gasteiger partial charge on any atom is -0.477 e. The first kappa shape index (κ1) is 20.3. The molecule has 170 valence electrons. The van der Waals surface area contributed by atoms with Gasteiger partial charge in [-0.2, -0.15) is 5.10 Å². The normalized spacial score (nSPS) is 19.7. The molecule has 1 atom stereocenters. The molecule has 7 nitrogen and oxygen atoms in total. The van der Waals surface area contributed by atoms with Crippen molar-refractivity contribution in [2.45, 2.75) is 31.9 Å². The summed E-state index contributed by atoms with van der Waals surface area (Å²) in [5.74, 6) is 0.798. The van der Waals surface area contributed by atoms with E-state index in [9.17, 15) is 4.79 Å². The zero-order valence-corrected chi connectivity index (χ0v) is 18.7. The van der Waals surface area contributed by atoms with Crippen molar-refractivity contribution in [1.29, 1.82) is 0 Å². The number of carbonyl (C=O) groups excluding carboxylic acids is 1. The molecule has 1 aromatic heterocycles. The number of morpholine rings is 1. The molecule has 7 heteroatoms. The van der Waals surface area contributed by atoms with Gasteiger partial charge in [-0.3, -0.25) is 4.79 Å².